The van der Waals surface area contributed by atoms with Gasteiger partial charge in [-0.2, -0.15) is 0 Å². The second-order valence-corrected chi connectivity index (χ2v) is 7.51. The number of anilines is 1. The van der Waals surface area contributed by atoms with Crippen LogP contribution in [0, 0.1) is 24.7 Å². The molecule has 2 unspecified atom stereocenters. The van der Waals surface area contributed by atoms with Gasteiger partial charge in [-0.3, -0.25) is 0 Å². The molecule has 0 bridgehead atoms. The molecule has 1 fully saturated rings. The van der Waals surface area contributed by atoms with Crippen LogP contribution < -0.4 is 10.2 Å². The second-order valence-electron chi connectivity index (χ2n) is 7.51. The molecule has 118 valence electrons. The number of hydrogen-bond acceptors (Lipinski definition) is 2. The van der Waals surface area contributed by atoms with Gasteiger partial charge in [0.05, 0.1) is 0 Å². The van der Waals surface area contributed by atoms with Gasteiger partial charge in [-0.25, -0.2) is 0 Å². The Hall–Kier alpha value is -1.02. The molecule has 21 heavy (non-hydrogen) atoms. The fourth-order valence-electron chi connectivity index (χ4n) is 3.52. The van der Waals surface area contributed by atoms with Crippen molar-refractivity contribution in [3.8, 4) is 0 Å². The Morgan fingerprint density at radius 3 is 2.48 bits per heavy atom. The second kappa shape index (κ2) is 7.31. The highest BCUT2D eigenvalue weighted by Gasteiger charge is 2.23. The van der Waals surface area contributed by atoms with Gasteiger partial charge in [0, 0.05) is 25.3 Å². The van der Waals surface area contributed by atoms with Crippen molar-refractivity contribution in [3.63, 3.8) is 0 Å². The fraction of sp³-hybridized carbons (Fsp3) is 0.684. The maximum absolute atomic E-state index is 3.60. The van der Waals surface area contributed by atoms with Crippen molar-refractivity contribution in [1.29, 1.82) is 0 Å². The highest BCUT2D eigenvalue weighted by Crippen LogP contribution is 2.29. The van der Waals surface area contributed by atoms with Crippen LogP contribution in [-0.4, -0.2) is 19.6 Å². The van der Waals surface area contributed by atoms with Crippen LogP contribution in [0.2, 0.25) is 0 Å². The van der Waals surface area contributed by atoms with Crippen LogP contribution in [0.3, 0.4) is 0 Å². The predicted octanol–water partition coefficient (Wildman–Crippen LogP) is 4.22. The van der Waals surface area contributed by atoms with E-state index in [9.17, 15) is 0 Å². The number of nitrogens with zero attached hydrogens (tertiary/aromatic N) is 1. The zero-order valence-electron chi connectivity index (χ0n) is 14.4. The van der Waals surface area contributed by atoms with Gasteiger partial charge in [-0.1, -0.05) is 45.4 Å². The third kappa shape index (κ3) is 4.74. The van der Waals surface area contributed by atoms with Crippen molar-refractivity contribution in [1.82, 2.24) is 5.32 Å². The minimum absolute atomic E-state index is 0.702. The summed E-state index contributed by atoms with van der Waals surface area (Å²) in [7, 11) is 0. The van der Waals surface area contributed by atoms with E-state index >= 15 is 0 Å². The van der Waals surface area contributed by atoms with Gasteiger partial charge in [0.1, 0.15) is 0 Å². The predicted molar refractivity (Wildman–Crippen MR) is 92.9 cm³/mol. The Morgan fingerprint density at radius 2 is 1.86 bits per heavy atom. The monoisotopic (exact) mass is 288 g/mol. The lowest BCUT2D eigenvalue weighted by Crippen LogP contribution is -2.39. The molecule has 1 N–H and O–H groups in total. The summed E-state index contributed by atoms with van der Waals surface area (Å²) in [6.45, 7) is 15.9. The molecule has 1 aliphatic rings. The van der Waals surface area contributed by atoms with Crippen LogP contribution >= 0.6 is 0 Å². The van der Waals surface area contributed by atoms with E-state index in [4.69, 9.17) is 0 Å². The molecule has 1 aromatic rings. The number of aryl methyl sites for hydroxylation is 1. The Bertz CT molecular complexity index is 443. The fourth-order valence-corrected chi connectivity index (χ4v) is 3.52. The van der Waals surface area contributed by atoms with Gasteiger partial charge < -0.3 is 10.2 Å². The molecule has 0 aromatic heterocycles. The molecule has 1 saturated heterocycles. The van der Waals surface area contributed by atoms with Crippen molar-refractivity contribution in [2.24, 2.45) is 17.8 Å². The lowest BCUT2D eigenvalue weighted by atomic mass is 9.91. The van der Waals surface area contributed by atoms with Gasteiger partial charge in [-0.05, 0) is 49.3 Å². The summed E-state index contributed by atoms with van der Waals surface area (Å²) >= 11 is 0. The number of nitrogens with one attached hydrogen (secondary N) is 1. The Morgan fingerprint density at radius 1 is 1.19 bits per heavy atom. The highest BCUT2D eigenvalue weighted by atomic mass is 15.1. The van der Waals surface area contributed by atoms with Crippen molar-refractivity contribution >= 4 is 5.69 Å². The van der Waals surface area contributed by atoms with Gasteiger partial charge >= 0.3 is 0 Å². The summed E-state index contributed by atoms with van der Waals surface area (Å²) in [4.78, 5) is 2.60. The van der Waals surface area contributed by atoms with E-state index in [0.717, 1.165) is 24.9 Å². The lowest BCUT2D eigenvalue weighted by Gasteiger charge is -2.37. The van der Waals surface area contributed by atoms with Crippen LogP contribution in [0.5, 0.6) is 0 Å². The Labute approximate surface area is 130 Å². The smallest absolute Gasteiger partial charge is 0.0412 e. The minimum atomic E-state index is 0.702. The molecule has 1 heterocycles. The summed E-state index contributed by atoms with van der Waals surface area (Å²) in [5.41, 5.74) is 4.26. The van der Waals surface area contributed by atoms with E-state index in [-0.39, 0.29) is 0 Å². The van der Waals surface area contributed by atoms with Crippen LogP contribution in [0.15, 0.2) is 18.2 Å². The molecule has 1 aromatic carbocycles. The molecule has 2 nitrogen and oxygen atoms in total. The normalized spacial score (nSPS) is 22.9. The topological polar surface area (TPSA) is 15.3 Å². The Balaban J connectivity index is 2.13. The lowest BCUT2D eigenvalue weighted by molar-refractivity contribution is 0.356. The number of hydrogen-bond donors (Lipinski definition) is 1. The number of benzene rings is 1. The minimum Gasteiger partial charge on any atom is -0.371 e. The number of piperidine rings is 1. The summed E-state index contributed by atoms with van der Waals surface area (Å²) < 4.78 is 0. The van der Waals surface area contributed by atoms with Gasteiger partial charge in [-0.15, -0.1) is 0 Å². The average molecular weight is 288 g/mol. The molecular formula is C19H32N2. The van der Waals surface area contributed by atoms with E-state index in [1.54, 1.807) is 0 Å². The van der Waals surface area contributed by atoms with Crippen LogP contribution in [0.25, 0.3) is 0 Å². The summed E-state index contributed by atoms with van der Waals surface area (Å²) in [5, 5.41) is 3.60. The van der Waals surface area contributed by atoms with E-state index in [1.807, 2.05) is 0 Å². The molecule has 2 atom stereocenters. The van der Waals surface area contributed by atoms with Gasteiger partial charge in [0.15, 0.2) is 0 Å². The first-order chi connectivity index (χ1) is 9.95. The summed E-state index contributed by atoms with van der Waals surface area (Å²) in [5.74, 6) is 2.30. The molecule has 0 saturated carbocycles. The average Bonchev–Trinajstić information content (AvgIpc) is 2.37. The van der Waals surface area contributed by atoms with Crippen molar-refractivity contribution < 1.29 is 0 Å². The molecule has 2 rings (SSSR count). The molecule has 0 aliphatic carbocycles. The molecule has 1 aliphatic heterocycles. The van der Waals surface area contributed by atoms with Crippen molar-refractivity contribution in [2.45, 2.75) is 47.6 Å². The van der Waals surface area contributed by atoms with Crippen LogP contribution in [-0.2, 0) is 6.54 Å². The highest BCUT2D eigenvalue weighted by molar-refractivity contribution is 5.55. The third-order valence-electron chi connectivity index (χ3n) is 4.31. The first-order valence-electron chi connectivity index (χ1n) is 8.51. The van der Waals surface area contributed by atoms with Crippen LogP contribution in [0.4, 0.5) is 5.69 Å². The van der Waals surface area contributed by atoms with E-state index in [2.05, 4.69) is 63.0 Å². The molecule has 2 heteroatoms. The quantitative estimate of drug-likeness (QED) is 0.872. The zero-order chi connectivity index (χ0) is 15.4. The standard InChI is InChI=1S/C19H32N2/c1-14(2)10-20-11-18-9-15(3)6-7-19(18)21-12-16(4)8-17(5)13-21/h6-7,9,14,16-17,20H,8,10-13H2,1-5H3. The zero-order valence-corrected chi connectivity index (χ0v) is 14.4. The van der Waals surface area contributed by atoms with Crippen LogP contribution in [0.1, 0.15) is 45.2 Å². The largest absolute Gasteiger partial charge is 0.371 e. The molecular weight excluding hydrogens is 256 g/mol. The Kier molecular flexibility index (Phi) is 5.69. The van der Waals surface area contributed by atoms with Gasteiger partial charge in [0.2, 0.25) is 0 Å². The maximum atomic E-state index is 3.60. The van der Waals surface area contributed by atoms with E-state index in [0.29, 0.717) is 5.92 Å². The third-order valence-corrected chi connectivity index (χ3v) is 4.31. The summed E-state index contributed by atoms with van der Waals surface area (Å²) in [6.07, 6.45) is 1.36. The molecule has 0 amide bonds. The molecule has 0 spiro atoms. The number of rotatable bonds is 5. The van der Waals surface area contributed by atoms with Gasteiger partial charge in [0.25, 0.3) is 0 Å². The first kappa shape index (κ1) is 16.4. The van der Waals surface area contributed by atoms with Crippen molar-refractivity contribution in [2.75, 3.05) is 24.5 Å². The maximum Gasteiger partial charge on any atom is 0.0412 e. The van der Waals surface area contributed by atoms with E-state index < -0.39 is 0 Å². The first-order valence-corrected chi connectivity index (χ1v) is 8.51. The summed E-state index contributed by atoms with van der Waals surface area (Å²) in [6, 6.07) is 6.93. The van der Waals surface area contributed by atoms with E-state index in [1.165, 1.54) is 36.3 Å². The molecule has 0 radical (unpaired) electrons. The van der Waals surface area contributed by atoms with Crippen molar-refractivity contribution in [3.05, 3.63) is 29.3 Å². The SMILES string of the molecule is Cc1ccc(N2CC(C)CC(C)C2)c(CNCC(C)C)c1.